The molecule has 0 heterocycles. The van der Waals surface area contributed by atoms with Crippen LogP contribution in [0.2, 0.25) is 0 Å². The van der Waals surface area contributed by atoms with Crippen molar-refractivity contribution in [3.63, 3.8) is 0 Å². The Morgan fingerprint density at radius 2 is 1.53 bits per heavy atom. The summed E-state index contributed by atoms with van der Waals surface area (Å²) in [4.78, 5) is 21.8. The summed E-state index contributed by atoms with van der Waals surface area (Å²) < 4.78 is 5.13. The first-order valence-corrected chi connectivity index (χ1v) is 6.36. The zero-order valence-electron chi connectivity index (χ0n) is 11.6. The normalized spacial score (nSPS) is 10.0. The fourth-order valence-corrected chi connectivity index (χ4v) is 1.68. The van der Waals surface area contributed by atoms with Crippen LogP contribution in [-0.2, 0) is 14.3 Å². The molecule has 0 saturated heterocycles. The van der Waals surface area contributed by atoms with Crippen molar-refractivity contribution >= 4 is 11.9 Å². The third-order valence-corrected chi connectivity index (χ3v) is 2.61. The van der Waals surface area contributed by atoms with Crippen molar-refractivity contribution in [3.8, 4) is 0 Å². The minimum Gasteiger partial charge on any atom is -0.478 e. The lowest BCUT2D eigenvalue weighted by atomic mass is 9.99. The highest BCUT2D eigenvalue weighted by Crippen LogP contribution is 2.18. The average Bonchev–Trinajstić information content (AvgIpc) is 2.33. The average molecular weight is 270 g/mol. The smallest absolute Gasteiger partial charge is 0.333 e. The van der Waals surface area contributed by atoms with E-state index in [2.05, 4.69) is 6.58 Å². The fraction of sp³-hybridized carbons (Fsp3) is 0.571. The van der Waals surface area contributed by atoms with E-state index in [4.69, 9.17) is 9.84 Å². The number of hydrogen-bond donors (Lipinski definition) is 2. The van der Waals surface area contributed by atoms with Gasteiger partial charge in [0, 0.05) is 0 Å². The third-order valence-electron chi connectivity index (χ3n) is 2.61. The number of carboxylic acid groups (broad SMARTS) is 2. The summed E-state index contributed by atoms with van der Waals surface area (Å²) in [6.45, 7) is 7.05. The summed E-state index contributed by atoms with van der Waals surface area (Å²) in [5.74, 6) is -2.14. The SMILES string of the molecule is C=C(COCC(C(=O)O)=C(CCC)CCC)C(=O)O. The van der Waals surface area contributed by atoms with Crippen molar-refractivity contribution < 1.29 is 24.5 Å². The molecule has 5 nitrogen and oxygen atoms in total. The van der Waals surface area contributed by atoms with Crippen LogP contribution >= 0.6 is 0 Å². The van der Waals surface area contributed by atoms with Gasteiger partial charge in [0.2, 0.25) is 0 Å². The molecule has 0 radical (unpaired) electrons. The number of carbonyl (C=O) groups is 2. The van der Waals surface area contributed by atoms with Crippen molar-refractivity contribution in [2.75, 3.05) is 13.2 Å². The Balaban J connectivity index is 4.71. The van der Waals surface area contributed by atoms with E-state index in [9.17, 15) is 14.7 Å². The fourth-order valence-electron chi connectivity index (χ4n) is 1.68. The molecule has 0 unspecified atom stereocenters. The maximum absolute atomic E-state index is 11.2. The molecule has 19 heavy (non-hydrogen) atoms. The van der Waals surface area contributed by atoms with Gasteiger partial charge in [0.05, 0.1) is 24.4 Å². The molecule has 0 atom stereocenters. The molecule has 0 amide bonds. The Morgan fingerprint density at radius 3 is 1.89 bits per heavy atom. The third kappa shape index (κ3) is 6.76. The molecular weight excluding hydrogens is 248 g/mol. The first kappa shape index (κ1) is 17.4. The lowest BCUT2D eigenvalue weighted by Crippen LogP contribution is -2.14. The van der Waals surface area contributed by atoms with Gasteiger partial charge in [0.25, 0.3) is 0 Å². The van der Waals surface area contributed by atoms with Crippen LogP contribution in [0, 0.1) is 0 Å². The molecule has 0 aromatic carbocycles. The molecule has 0 aliphatic carbocycles. The van der Waals surface area contributed by atoms with Crippen LogP contribution in [-0.4, -0.2) is 35.4 Å². The number of hydrogen-bond acceptors (Lipinski definition) is 3. The van der Waals surface area contributed by atoms with E-state index in [1.54, 1.807) is 0 Å². The molecule has 0 spiro atoms. The van der Waals surface area contributed by atoms with E-state index >= 15 is 0 Å². The summed E-state index contributed by atoms with van der Waals surface area (Å²) in [7, 11) is 0. The van der Waals surface area contributed by atoms with Crippen LogP contribution in [0.1, 0.15) is 39.5 Å². The summed E-state index contributed by atoms with van der Waals surface area (Å²) >= 11 is 0. The van der Waals surface area contributed by atoms with Crippen LogP contribution in [0.3, 0.4) is 0 Å². The van der Waals surface area contributed by atoms with Crippen molar-refractivity contribution in [1.82, 2.24) is 0 Å². The van der Waals surface area contributed by atoms with Crippen LogP contribution in [0.15, 0.2) is 23.3 Å². The second-order valence-corrected chi connectivity index (χ2v) is 4.29. The molecule has 108 valence electrons. The van der Waals surface area contributed by atoms with Gasteiger partial charge in [-0.3, -0.25) is 0 Å². The topological polar surface area (TPSA) is 83.8 Å². The first-order valence-electron chi connectivity index (χ1n) is 6.36. The van der Waals surface area contributed by atoms with Gasteiger partial charge < -0.3 is 14.9 Å². The summed E-state index contributed by atoms with van der Waals surface area (Å²) in [5, 5.41) is 17.8. The number of aliphatic carboxylic acids is 2. The quantitative estimate of drug-likeness (QED) is 0.596. The molecule has 2 N–H and O–H groups in total. The maximum Gasteiger partial charge on any atom is 0.333 e. The summed E-state index contributed by atoms with van der Waals surface area (Å²) in [6.07, 6.45) is 3.18. The molecule has 0 aliphatic heterocycles. The number of ether oxygens (including phenoxy) is 1. The second kappa shape index (κ2) is 9.33. The van der Waals surface area contributed by atoms with Gasteiger partial charge in [-0.05, 0) is 12.8 Å². The zero-order chi connectivity index (χ0) is 14.8. The van der Waals surface area contributed by atoms with Gasteiger partial charge >= 0.3 is 11.9 Å². The van der Waals surface area contributed by atoms with Crippen LogP contribution < -0.4 is 0 Å². The molecule has 0 bridgehead atoms. The van der Waals surface area contributed by atoms with E-state index in [1.165, 1.54) is 0 Å². The van der Waals surface area contributed by atoms with E-state index in [-0.39, 0.29) is 24.4 Å². The Labute approximate surface area is 113 Å². The van der Waals surface area contributed by atoms with E-state index < -0.39 is 11.9 Å². The number of rotatable bonds is 10. The van der Waals surface area contributed by atoms with Gasteiger partial charge in [-0.25, -0.2) is 9.59 Å². The van der Waals surface area contributed by atoms with Crippen molar-refractivity contribution in [1.29, 1.82) is 0 Å². The molecule has 0 aromatic rings. The molecule has 0 aromatic heterocycles. The summed E-state index contributed by atoms with van der Waals surface area (Å²) in [5.41, 5.74) is 1.03. The maximum atomic E-state index is 11.2. The standard InChI is InChI=1S/C14H22O5/c1-4-6-11(7-5-2)12(14(17)18)9-19-8-10(3)13(15)16/h3-9H2,1-2H3,(H,15,16)(H,17,18). The Kier molecular flexibility index (Phi) is 8.53. The Hall–Kier alpha value is -1.62. The van der Waals surface area contributed by atoms with Gasteiger partial charge in [0.1, 0.15) is 0 Å². The highest BCUT2D eigenvalue weighted by molar-refractivity contribution is 5.88. The Bertz CT molecular complexity index is 360. The van der Waals surface area contributed by atoms with E-state index in [1.807, 2.05) is 13.8 Å². The van der Waals surface area contributed by atoms with Crippen molar-refractivity contribution in [2.45, 2.75) is 39.5 Å². The van der Waals surface area contributed by atoms with E-state index in [0.717, 1.165) is 31.3 Å². The lowest BCUT2D eigenvalue weighted by Gasteiger charge is -2.12. The predicted molar refractivity (Wildman–Crippen MR) is 72.1 cm³/mol. The van der Waals surface area contributed by atoms with Crippen LogP contribution in [0.25, 0.3) is 0 Å². The van der Waals surface area contributed by atoms with Crippen molar-refractivity contribution in [2.24, 2.45) is 0 Å². The van der Waals surface area contributed by atoms with Gasteiger partial charge in [-0.1, -0.05) is 38.8 Å². The summed E-state index contributed by atoms with van der Waals surface area (Å²) in [6, 6.07) is 0. The first-order chi connectivity index (χ1) is 8.93. The number of allylic oxidation sites excluding steroid dienone is 1. The minimum atomic E-state index is -1.14. The lowest BCUT2D eigenvalue weighted by molar-refractivity contribution is -0.133. The molecular formula is C14H22O5. The number of carboxylic acids is 2. The molecule has 5 heteroatoms. The second-order valence-electron chi connectivity index (χ2n) is 4.29. The molecule has 0 saturated carbocycles. The molecule has 0 rings (SSSR count). The van der Waals surface area contributed by atoms with Gasteiger partial charge in [-0.15, -0.1) is 0 Å². The monoisotopic (exact) mass is 270 g/mol. The highest BCUT2D eigenvalue weighted by Gasteiger charge is 2.14. The van der Waals surface area contributed by atoms with Crippen LogP contribution in [0.5, 0.6) is 0 Å². The zero-order valence-corrected chi connectivity index (χ0v) is 11.6. The van der Waals surface area contributed by atoms with Gasteiger partial charge in [-0.2, -0.15) is 0 Å². The molecule has 0 aliphatic rings. The molecule has 0 fully saturated rings. The van der Waals surface area contributed by atoms with E-state index in [0.29, 0.717) is 0 Å². The Morgan fingerprint density at radius 1 is 1.00 bits per heavy atom. The van der Waals surface area contributed by atoms with Gasteiger partial charge in [0.15, 0.2) is 0 Å². The highest BCUT2D eigenvalue weighted by atomic mass is 16.5. The largest absolute Gasteiger partial charge is 0.478 e. The van der Waals surface area contributed by atoms with Crippen LogP contribution in [0.4, 0.5) is 0 Å². The predicted octanol–water partition coefficient (Wildman–Crippen LogP) is 2.63. The van der Waals surface area contributed by atoms with Crippen molar-refractivity contribution in [3.05, 3.63) is 23.3 Å². The minimum absolute atomic E-state index is 0.0859.